The lowest BCUT2D eigenvalue weighted by atomic mass is 10.2. The molecule has 1 saturated heterocycles. The molecule has 5 nitrogen and oxygen atoms in total. The smallest absolute Gasteiger partial charge is 0.235 e. The maximum Gasteiger partial charge on any atom is 0.235 e. The van der Waals surface area contributed by atoms with Gasteiger partial charge >= 0.3 is 0 Å². The van der Waals surface area contributed by atoms with E-state index in [4.69, 9.17) is 27.9 Å². The predicted octanol–water partition coefficient (Wildman–Crippen LogP) is 5.19. The lowest BCUT2D eigenvalue weighted by molar-refractivity contribution is -0.113. The summed E-state index contributed by atoms with van der Waals surface area (Å²) in [6.45, 7) is 5.23. The molecule has 0 bridgehead atoms. The number of hydrogen-bond donors (Lipinski definition) is 1. The Bertz CT molecular complexity index is 910. The fourth-order valence-electron chi connectivity index (χ4n) is 3.28. The van der Waals surface area contributed by atoms with Gasteiger partial charge in [-0.2, -0.15) is 5.26 Å². The van der Waals surface area contributed by atoms with E-state index < -0.39 is 0 Å². The molecule has 28 heavy (non-hydrogen) atoms. The summed E-state index contributed by atoms with van der Waals surface area (Å²) >= 11 is 13.6. The van der Waals surface area contributed by atoms with Crippen LogP contribution < -0.4 is 5.32 Å². The van der Waals surface area contributed by atoms with Crippen LogP contribution in [0.2, 0.25) is 10.0 Å². The van der Waals surface area contributed by atoms with E-state index >= 15 is 0 Å². The van der Waals surface area contributed by atoms with E-state index in [9.17, 15) is 10.1 Å². The molecule has 0 saturated carbocycles. The predicted molar refractivity (Wildman–Crippen MR) is 113 cm³/mol. The summed E-state index contributed by atoms with van der Waals surface area (Å²) in [7, 11) is 0. The first kappa shape index (κ1) is 21.1. The second-order valence-electron chi connectivity index (χ2n) is 6.68. The van der Waals surface area contributed by atoms with E-state index in [1.54, 1.807) is 18.2 Å². The Labute approximate surface area is 178 Å². The zero-order valence-corrected chi connectivity index (χ0v) is 18.0. The van der Waals surface area contributed by atoms with E-state index in [1.807, 2.05) is 18.4 Å². The molecule has 1 unspecified atom stereocenters. The summed E-state index contributed by atoms with van der Waals surface area (Å²) in [6.07, 6.45) is 2.11. The van der Waals surface area contributed by atoms with E-state index in [0.717, 1.165) is 30.7 Å². The van der Waals surface area contributed by atoms with Gasteiger partial charge in [-0.25, -0.2) is 0 Å². The maximum atomic E-state index is 12.6. The normalized spacial score (nSPS) is 16.2. The highest BCUT2D eigenvalue weighted by Crippen LogP contribution is 2.34. The standard InChI is InChI=1S/C20H21Cl2N3O2S/c1-12-13(2)25(10-14-5-4-8-27-14)20(15(12)9-23)24-18(26)11-28-19-16(21)6-3-7-17(19)22/h3,6-7,14H,4-5,8,10-11H2,1-2H3,(H,24,26). The lowest BCUT2D eigenvalue weighted by Crippen LogP contribution is -2.22. The molecular formula is C20H21Cl2N3O2S. The molecule has 148 valence electrons. The van der Waals surface area contributed by atoms with Crippen molar-refractivity contribution in [3.8, 4) is 6.07 Å². The molecule has 3 rings (SSSR count). The third-order valence-corrected chi connectivity index (χ3v) is 6.86. The second kappa shape index (κ2) is 9.23. The molecule has 1 aromatic heterocycles. The SMILES string of the molecule is Cc1c(C#N)c(NC(=O)CSc2c(Cl)cccc2Cl)n(CC2CCCO2)c1C. The quantitative estimate of drug-likeness (QED) is 0.630. The summed E-state index contributed by atoms with van der Waals surface area (Å²) in [5.74, 6) is 0.449. The zero-order valence-electron chi connectivity index (χ0n) is 15.7. The Hall–Kier alpha value is -1.65. The van der Waals surface area contributed by atoms with Crippen LogP contribution in [0.3, 0.4) is 0 Å². The van der Waals surface area contributed by atoms with Crippen LogP contribution in [0.25, 0.3) is 0 Å². The van der Waals surface area contributed by atoms with Crippen LogP contribution in [0.5, 0.6) is 0 Å². The molecule has 1 amide bonds. The second-order valence-corrected chi connectivity index (χ2v) is 8.48. The van der Waals surface area contributed by atoms with Gasteiger partial charge in [-0.1, -0.05) is 29.3 Å². The summed E-state index contributed by atoms with van der Waals surface area (Å²) < 4.78 is 7.72. The molecule has 1 aliphatic heterocycles. The minimum absolute atomic E-state index is 0.101. The molecule has 0 radical (unpaired) electrons. The summed E-state index contributed by atoms with van der Waals surface area (Å²) in [4.78, 5) is 13.3. The molecule has 1 atom stereocenters. The monoisotopic (exact) mass is 437 g/mol. The maximum absolute atomic E-state index is 12.6. The minimum atomic E-state index is -0.219. The van der Waals surface area contributed by atoms with Crippen molar-refractivity contribution in [3.05, 3.63) is 45.1 Å². The molecule has 2 heterocycles. The van der Waals surface area contributed by atoms with Gasteiger partial charge in [0.05, 0.1) is 34.0 Å². The summed E-state index contributed by atoms with van der Waals surface area (Å²) in [5.41, 5.74) is 2.33. The first-order valence-electron chi connectivity index (χ1n) is 9.00. The van der Waals surface area contributed by atoms with E-state index in [0.29, 0.717) is 32.9 Å². The number of nitrogens with zero attached hydrogens (tertiary/aromatic N) is 2. The Balaban J connectivity index is 1.77. The fourth-order valence-corrected chi connectivity index (χ4v) is 4.76. The van der Waals surface area contributed by atoms with Crippen LogP contribution >= 0.6 is 35.0 Å². The van der Waals surface area contributed by atoms with Gasteiger partial charge in [0.2, 0.25) is 5.91 Å². The van der Waals surface area contributed by atoms with Gasteiger partial charge < -0.3 is 14.6 Å². The van der Waals surface area contributed by atoms with Crippen LogP contribution in [0.1, 0.15) is 29.7 Å². The third-order valence-electron chi connectivity index (χ3n) is 4.88. The van der Waals surface area contributed by atoms with Crippen molar-refractivity contribution < 1.29 is 9.53 Å². The number of halogens is 2. The van der Waals surface area contributed by atoms with Crippen LogP contribution in [0, 0.1) is 25.2 Å². The number of amides is 1. The number of rotatable bonds is 6. The number of nitrogens with one attached hydrogen (secondary N) is 1. The Morgan fingerprint density at radius 1 is 1.39 bits per heavy atom. The van der Waals surface area contributed by atoms with Crippen molar-refractivity contribution in [2.75, 3.05) is 17.7 Å². The van der Waals surface area contributed by atoms with Gasteiger partial charge in [-0.15, -0.1) is 11.8 Å². The number of ether oxygens (including phenoxy) is 1. The minimum Gasteiger partial charge on any atom is -0.376 e. The van der Waals surface area contributed by atoms with Gasteiger partial charge in [-0.05, 0) is 44.4 Å². The number of benzene rings is 1. The lowest BCUT2D eigenvalue weighted by Gasteiger charge is -2.17. The van der Waals surface area contributed by atoms with Crippen LogP contribution in [0.4, 0.5) is 5.82 Å². The van der Waals surface area contributed by atoms with Crippen molar-refractivity contribution in [2.45, 2.75) is 44.2 Å². The molecule has 2 aromatic rings. The summed E-state index contributed by atoms with van der Waals surface area (Å²) in [6, 6.07) is 7.46. The topological polar surface area (TPSA) is 67.0 Å². The zero-order chi connectivity index (χ0) is 20.3. The van der Waals surface area contributed by atoms with Crippen molar-refractivity contribution in [2.24, 2.45) is 0 Å². The largest absolute Gasteiger partial charge is 0.376 e. The molecule has 1 aliphatic rings. The number of thioether (sulfide) groups is 1. The van der Waals surface area contributed by atoms with E-state index in [-0.39, 0.29) is 17.8 Å². The number of aromatic nitrogens is 1. The van der Waals surface area contributed by atoms with Crippen LogP contribution in [0.15, 0.2) is 23.1 Å². The fraction of sp³-hybridized carbons (Fsp3) is 0.400. The van der Waals surface area contributed by atoms with Crippen molar-refractivity contribution in [1.82, 2.24) is 4.57 Å². The van der Waals surface area contributed by atoms with Gasteiger partial charge in [0, 0.05) is 17.2 Å². The number of hydrogen-bond acceptors (Lipinski definition) is 4. The number of carbonyl (C=O) groups excluding carboxylic acids is 1. The van der Waals surface area contributed by atoms with Gasteiger partial charge in [0.15, 0.2) is 0 Å². The molecule has 1 aromatic carbocycles. The van der Waals surface area contributed by atoms with Crippen molar-refractivity contribution in [1.29, 1.82) is 5.26 Å². The summed E-state index contributed by atoms with van der Waals surface area (Å²) in [5, 5.41) is 13.5. The average molecular weight is 438 g/mol. The molecule has 0 spiro atoms. The number of carbonyl (C=O) groups is 1. The third kappa shape index (κ3) is 4.49. The van der Waals surface area contributed by atoms with Crippen LogP contribution in [-0.4, -0.2) is 28.9 Å². The van der Waals surface area contributed by atoms with E-state index in [2.05, 4.69) is 11.4 Å². The Morgan fingerprint density at radius 2 is 2.11 bits per heavy atom. The van der Waals surface area contributed by atoms with Crippen LogP contribution in [-0.2, 0) is 16.1 Å². The molecule has 1 fully saturated rings. The van der Waals surface area contributed by atoms with E-state index in [1.165, 1.54) is 11.8 Å². The van der Waals surface area contributed by atoms with Gasteiger partial charge in [0.25, 0.3) is 0 Å². The molecule has 8 heteroatoms. The molecule has 0 aliphatic carbocycles. The molecular weight excluding hydrogens is 417 g/mol. The highest BCUT2D eigenvalue weighted by atomic mass is 35.5. The Kier molecular flexibility index (Phi) is 6.95. The number of anilines is 1. The van der Waals surface area contributed by atoms with Crippen molar-refractivity contribution in [3.63, 3.8) is 0 Å². The first-order valence-corrected chi connectivity index (χ1v) is 10.7. The average Bonchev–Trinajstić information content (AvgIpc) is 3.24. The highest BCUT2D eigenvalue weighted by molar-refractivity contribution is 8.00. The van der Waals surface area contributed by atoms with Gasteiger partial charge in [-0.3, -0.25) is 4.79 Å². The molecule has 1 N–H and O–H groups in total. The van der Waals surface area contributed by atoms with Gasteiger partial charge in [0.1, 0.15) is 11.9 Å². The number of nitriles is 1. The van der Waals surface area contributed by atoms with Crippen molar-refractivity contribution >= 4 is 46.7 Å². The highest BCUT2D eigenvalue weighted by Gasteiger charge is 2.24. The first-order chi connectivity index (χ1) is 13.4. The Morgan fingerprint density at radius 3 is 2.71 bits per heavy atom.